The molecule has 7 heteroatoms. The van der Waals surface area contributed by atoms with Gasteiger partial charge in [0, 0.05) is 22.1 Å². The number of rotatable bonds is 4. The molecular weight excluding hydrogens is 320 g/mol. The van der Waals surface area contributed by atoms with E-state index in [1.165, 1.54) is 6.20 Å². The summed E-state index contributed by atoms with van der Waals surface area (Å²) >= 11 is 1.11. The van der Waals surface area contributed by atoms with Crippen molar-refractivity contribution >= 4 is 34.1 Å². The fourth-order valence-electron chi connectivity index (χ4n) is 1.43. The van der Waals surface area contributed by atoms with Gasteiger partial charge in [-0.05, 0) is 0 Å². The summed E-state index contributed by atoms with van der Waals surface area (Å²) in [5, 5.41) is 12.8. The number of ketones is 1. The topological polar surface area (TPSA) is 73.1 Å². The van der Waals surface area contributed by atoms with Crippen LogP contribution in [0, 0.1) is 10.1 Å². The summed E-state index contributed by atoms with van der Waals surface area (Å²) in [6.07, 6.45) is 1.45. The van der Waals surface area contributed by atoms with Gasteiger partial charge in [-0.2, -0.15) is 0 Å². The molecule has 1 heterocycles. The van der Waals surface area contributed by atoms with Crippen LogP contribution in [0.5, 0.6) is 0 Å². The van der Waals surface area contributed by atoms with Crippen molar-refractivity contribution in [3.8, 4) is 0 Å². The molecule has 1 aromatic heterocycles. The molecule has 0 radical (unpaired) electrons. The Morgan fingerprint density at radius 3 is 2.50 bits per heavy atom. The van der Waals surface area contributed by atoms with Gasteiger partial charge in [-0.1, -0.05) is 30.3 Å². The highest BCUT2D eigenvalue weighted by atomic mass is 79.9. The maximum Gasteiger partial charge on any atom is 0.325 e. The van der Waals surface area contributed by atoms with Crippen molar-refractivity contribution in [1.82, 2.24) is 4.98 Å². The smallest absolute Gasteiger partial charge is 0.286 e. The van der Waals surface area contributed by atoms with Crippen LogP contribution in [0.15, 0.2) is 41.9 Å². The normalized spacial score (nSPS) is 11.3. The highest BCUT2D eigenvalue weighted by Crippen LogP contribution is 2.23. The molecule has 2 rings (SSSR count). The number of hydrogen-bond donors (Lipinski definition) is 0. The van der Waals surface area contributed by atoms with Crippen LogP contribution in [0.4, 0.5) is 0 Å². The standard InChI is InChI=1S/C11H8N2O3S.BrH/c14-10(8-4-2-1-3-5-8)9(13(15)16)11-12-6-7-17-11;/h1-7,9H;1H. The number of benzene rings is 1. The Labute approximate surface area is 117 Å². The Kier molecular flexibility index (Phi) is 5.11. The first-order valence-electron chi connectivity index (χ1n) is 4.82. The lowest BCUT2D eigenvalue weighted by molar-refractivity contribution is -0.510. The average molecular weight is 329 g/mol. The Morgan fingerprint density at radius 1 is 1.33 bits per heavy atom. The SMILES string of the molecule is Br.O=C(c1ccccc1)C(c1nccs1)[N+](=O)[O-]. The summed E-state index contributed by atoms with van der Waals surface area (Å²) < 4.78 is 0. The van der Waals surface area contributed by atoms with Gasteiger partial charge in [-0.3, -0.25) is 14.9 Å². The van der Waals surface area contributed by atoms with Crippen molar-refractivity contribution in [3.05, 3.63) is 62.6 Å². The van der Waals surface area contributed by atoms with E-state index >= 15 is 0 Å². The number of hydrogen-bond acceptors (Lipinski definition) is 5. The van der Waals surface area contributed by atoms with Gasteiger partial charge in [-0.15, -0.1) is 28.3 Å². The summed E-state index contributed by atoms with van der Waals surface area (Å²) in [6.45, 7) is 0. The maximum atomic E-state index is 12.0. The zero-order valence-corrected chi connectivity index (χ0v) is 11.6. The van der Waals surface area contributed by atoms with Crippen LogP contribution >= 0.6 is 28.3 Å². The Hall–Kier alpha value is -1.60. The largest absolute Gasteiger partial charge is 0.325 e. The van der Waals surface area contributed by atoms with Crippen LogP contribution in [0.2, 0.25) is 0 Å². The van der Waals surface area contributed by atoms with Crippen LogP contribution in [-0.2, 0) is 0 Å². The van der Waals surface area contributed by atoms with E-state index in [-0.39, 0.29) is 22.0 Å². The summed E-state index contributed by atoms with van der Waals surface area (Å²) in [5.74, 6) is -0.537. The number of aromatic nitrogens is 1. The molecule has 1 aromatic carbocycles. The van der Waals surface area contributed by atoms with Crippen LogP contribution in [0.1, 0.15) is 21.4 Å². The Balaban J connectivity index is 0.00000162. The minimum Gasteiger partial charge on any atom is -0.286 e. The number of Topliss-reactive ketones (excluding diaryl/α,β-unsaturated/α-hetero) is 1. The zero-order valence-electron chi connectivity index (χ0n) is 9.05. The molecule has 0 fully saturated rings. The first-order valence-corrected chi connectivity index (χ1v) is 5.70. The van der Waals surface area contributed by atoms with E-state index in [1.54, 1.807) is 35.7 Å². The van der Waals surface area contributed by atoms with Gasteiger partial charge in [0.05, 0.1) is 0 Å². The quantitative estimate of drug-likeness (QED) is 0.491. The summed E-state index contributed by atoms with van der Waals surface area (Å²) in [6, 6.07) is 6.82. The Bertz CT molecular complexity index is 530. The van der Waals surface area contributed by atoms with Crippen molar-refractivity contribution in [1.29, 1.82) is 0 Å². The molecule has 0 bridgehead atoms. The molecule has 2 aromatic rings. The molecule has 1 atom stereocenters. The number of thiazole rings is 1. The van der Waals surface area contributed by atoms with E-state index in [9.17, 15) is 14.9 Å². The highest BCUT2D eigenvalue weighted by molar-refractivity contribution is 8.93. The van der Waals surface area contributed by atoms with Gasteiger partial charge in [0.25, 0.3) is 0 Å². The molecule has 1 unspecified atom stereocenters. The van der Waals surface area contributed by atoms with Gasteiger partial charge in [0.2, 0.25) is 5.78 Å². The minimum absolute atomic E-state index is 0. The molecule has 94 valence electrons. The predicted molar refractivity (Wildman–Crippen MR) is 72.9 cm³/mol. The van der Waals surface area contributed by atoms with E-state index in [0.717, 1.165) is 11.3 Å². The molecule has 0 aliphatic carbocycles. The van der Waals surface area contributed by atoms with Crippen LogP contribution in [-0.4, -0.2) is 15.7 Å². The second-order valence-corrected chi connectivity index (χ2v) is 4.21. The average Bonchev–Trinajstić information content (AvgIpc) is 2.83. The van der Waals surface area contributed by atoms with E-state index in [0.29, 0.717) is 5.56 Å². The molecule has 0 N–H and O–H groups in total. The molecule has 0 saturated carbocycles. The monoisotopic (exact) mass is 328 g/mol. The number of halogens is 1. The summed E-state index contributed by atoms with van der Waals surface area (Å²) in [5.41, 5.74) is 0.324. The van der Waals surface area contributed by atoms with E-state index in [2.05, 4.69) is 4.98 Å². The minimum atomic E-state index is -1.41. The van der Waals surface area contributed by atoms with Gasteiger partial charge in [-0.25, -0.2) is 4.98 Å². The second-order valence-electron chi connectivity index (χ2n) is 3.29. The summed E-state index contributed by atoms with van der Waals surface area (Å²) in [4.78, 5) is 26.2. The zero-order chi connectivity index (χ0) is 12.3. The van der Waals surface area contributed by atoms with Crippen molar-refractivity contribution in [2.45, 2.75) is 6.04 Å². The van der Waals surface area contributed by atoms with E-state index < -0.39 is 16.7 Å². The van der Waals surface area contributed by atoms with Crippen LogP contribution in [0.25, 0.3) is 0 Å². The highest BCUT2D eigenvalue weighted by Gasteiger charge is 2.34. The van der Waals surface area contributed by atoms with Crippen molar-refractivity contribution in [3.63, 3.8) is 0 Å². The predicted octanol–water partition coefficient (Wildman–Crippen LogP) is 2.92. The second kappa shape index (κ2) is 6.36. The number of carbonyl (C=O) groups is 1. The fourth-order valence-corrected chi connectivity index (χ4v) is 2.13. The first kappa shape index (κ1) is 14.5. The van der Waals surface area contributed by atoms with E-state index in [4.69, 9.17) is 0 Å². The first-order chi connectivity index (χ1) is 8.20. The third-order valence-electron chi connectivity index (χ3n) is 2.20. The maximum absolute atomic E-state index is 12.0. The lowest BCUT2D eigenvalue weighted by Crippen LogP contribution is -2.21. The summed E-state index contributed by atoms with van der Waals surface area (Å²) in [7, 11) is 0. The molecular formula is C11H9BrN2O3S. The van der Waals surface area contributed by atoms with Gasteiger partial charge in [0.1, 0.15) is 0 Å². The molecule has 18 heavy (non-hydrogen) atoms. The molecule has 0 aliphatic rings. The van der Waals surface area contributed by atoms with E-state index in [1.807, 2.05) is 0 Å². The van der Waals surface area contributed by atoms with Gasteiger partial charge >= 0.3 is 6.04 Å². The van der Waals surface area contributed by atoms with Crippen molar-refractivity contribution < 1.29 is 9.72 Å². The van der Waals surface area contributed by atoms with Crippen LogP contribution < -0.4 is 0 Å². The number of nitro groups is 1. The Morgan fingerprint density at radius 2 is 2.00 bits per heavy atom. The molecule has 5 nitrogen and oxygen atoms in total. The number of nitrogens with zero attached hydrogens (tertiary/aromatic N) is 2. The fraction of sp³-hybridized carbons (Fsp3) is 0.0909. The van der Waals surface area contributed by atoms with Gasteiger partial charge < -0.3 is 0 Å². The third kappa shape index (κ3) is 2.99. The van der Waals surface area contributed by atoms with Crippen molar-refractivity contribution in [2.24, 2.45) is 0 Å². The molecule has 0 aliphatic heterocycles. The molecule has 0 amide bonds. The third-order valence-corrected chi connectivity index (χ3v) is 3.03. The molecule has 0 saturated heterocycles. The lowest BCUT2D eigenvalue weighted by atomic mass is 10.1. The number of carbonyl (C=O) groups excluding carboxylic acids is 1. The molecule has 0 spiro atoms. The van der Waals surface area contributed by atoms with Crippen molar-refractivity contribution in [2.75, 3.05) is 0 Å². The van der Waals surface area contributed by atoms with Crippen LogP contribution in [0.3, 0.4) is 0 Å². The lowest BCUT2D eigenvalue weighted by Gasteiger charge is -2.05. The van der Waals surface area contributed by atoms with Gasteiger partial charge in [0.15, 0.2) is 5.01 Å².